The Morgan fingerprint density at radius 1 is 0.895 bits per heavy atom. The molecule has 1 N–H and O–H groups in total. The largest absolute Gasteiger partial charge is 1.00 e. The zero-order chi connectivity index (χ0) is 12.8. The number of rotatable bonds is 1. The maximum atomic E-state index is 10.1. The quantitative estimate of drug-likeness (QED) is 0.515. The standard InChI is InChI=1S/C7H6O2.C6H5N3.Na/c8-7(9)6-4-2-1-3-5-6;1-2-4-6-5(3-1)7-9-8-6;/h1-5H,(H,8,9);1-4H,(H,7,8,9);/q;;+1/p-1. The maximum absolute atomic E-state index is 10.1. The van der Waals surface area contributed by atoms with Gasteiger partial charge < -0.3 is 9.90 Å². The number of carbonyl (C=O) groups excluding carboxylic acids is 1. The van der Waals surface area contributed by atoms with Crippen LogP contribution < -0.4 is 34.7 Å². The molecule has 0 saturated carbocycles. The number of carbonyl (C=O) groups is 1. The second-order valence-electron chi connectivity index (χ2n) is 3.47. The molecule has 0 saturated heterocycles. The molecule has 6 heteroatoms. The van der Waals surface area contributed by atoms with Gasteiger partial charge in [0, 0.05) is 0 Å². The minimum atomic E-state index is -1.13. The molecule has 0 unspecified atom stereocenters. The second kappa shape index (κ2) is 7.68. The SMILES string of the molecule is O=C([O-])c1ccccc1.[Na+].c1ccc2n[nH]nc2c1. The third-order valence-corrected chi connectivity index (χ3v) is 2.23. The van der Waals surface area contributed by atoms with Crippen LogP contribution in [0.4, 0.5) is 0 Å². The van der Waals surface area contributed by atoms with Gasteiger partial charge in [0.05, 0.1) is 5.97 Å². The maximum Gasteiger partial charge on any atom is 1.00 e. The number of aromatic carboxylic acids is 1. The average molecular weight is 263 g/mol. The first-order valence-electron chi connectivity index (χ1n) is 5.29. The fourth-order valence-electron chi connectivity index (χ4n) is 1.36. The fraction of sp³-hybridized carbons (Fsp3) is 0. The Bertz CT molecular complexity index is 610. The Morgan fingerprint density at radius 3 is 1.79 bits per heavy atom. The summed E-state index contributed by atoms with van der Waals surface area (Å²) in [4.78, 5) is 10.1. The molecule has 19 heavy (non-hydrogen) atoms. The molecule has 0 spiro atoms. The van der Waals surface area contributed by atoms with Crippen molar-refractivity contribution in [3.05, 3.63) is 60.2 Å². The number of H-pyrrole nitrogens is 1. The van der Waals surface area contributed by atoms with Crippen LogP contribution in [0.3, 0.4) is 0 Å². The van der Waals surface area contributed by atoms with Crippen molar-refractivity contribution >= 4 is 17.0 Å². The molecule has 1 aromatic heterocycles. The normalized spacial score (nSPS) is 9.05. The van der Waals surface area contributed by atoms with Crippen LogP contribution in [0.1, 0.15) is 10.4 Å². The third-order valence-electron chi connectivity index (χ3n) is 2.23. The van der Waals surface area contributed by atoms with E-state index in [0.717, 1.165) is 11.0 Å². The first-order chi connectivity index (χ1) is 8.77. The molecule has 0 radical (unpaired) electrons. The van der Waals surface area contributed by atoms with E-state index in [1.54, 1.807) is 18.2 Å². The van der Waals surface area contributed by atoms with Crippen LogP contribution in [0.5, 0.6) is 0 Å². The number of aromatic nitrogens is 3. The van der Waals surface area contributed by atoms with Crippen LogP contribution in [0.25, 0.3) is 11.0 Å². The van der Waals surface area contributed by atoms with Gasteiger partial charge in [-0.15, -0.1) is 0 Å². The molecule has 90 valence electrons. The van der Waals surface area contributed by atoms with E-state index in [1.807, 2.05) is 24.3 Å². The fourth-order valence-corrected chi connectivity index (χ4v) is 1.36. The number of carboxylic acids is 1. The van der Waals surface area contributed by atoms with E-state index in [-0.39, 0.29) is 35.1 Å². The summed E-state index contributed by atoms with van der Waals surface area (Å²) in [5.74, 6) is -1.13. The molecule has 3 rings (SSSR count). The van der Waals surface area contributed by atoms with Gasteiger partial charge in [-0.05, 0) is 17.7 Å². The van der Waals surface area contributed by atoms with Crippen molar-refractivity contribution in [1.82, 2.24) is 15.4 Å². The van der Waals surface area contributed by atoms with E-state index in [1.165, 1.54) is 12.1 Å². The number of para-hydroxylation sites is 2. The summed E-state index contributed by atoms with van der Waals surface area (Å²) >= 11 is 0. The van der Waals surface area contributed by atoms with Crippen molar-refractivity contribution in [3.63, 3.8) is 0 Å². The van der Waals surface area contributed by atoms with E-state index >= 15 is 0 Å². The van der Waals surface area contributed by atoms with Gasteiger partial charge in [0.15, 0.2) is 0 Å². The van der Waals surface area contributed by atoms with Crippen molar-refractivity contribution in [3.8, 4) is 0 Å². The van der Waals surface area contributed by atoms with Crippen LogP contribution in [0, 0.1) is 0 Å². The predicted octanol–water partition coefficient (Wildman–Crippen LogP) is -1.99. The molecular formula is C13H10N3NaO2. The molecular weight excluding hydrogens is 253 g/mol. The number of aromatic amines is 1. The second-order valence-corrected chi connectivity index (χ2v) is 3.47. The monoisotopic (exact) mass is 263 g/mol. The van der Waals surface area contributed by atoms with Gasteiger partial charge in [-0.2, -0.15) is 15.4 Å². The summed E-state index contributed by atoms with van der Waals surface area (Å²) in [5.41, 5.74) is 2.05. The molecule has 0 aliphatic heterocycles. The van der Waals surface area contributed by atoms with Crippen molar-refractivity contribution in [1.29, 1.82) is 0 Å². The molecule has 2 aromatic carbocycles. The van der Waals surface area contributed by atoms with E-state index in [4.69, 9.17) is 0 Å². The molecule has 0 atom stereocenters. The van der Waals surface area contributed by atoms with Crippen molar-refractivity contribution in [2.45, 2.75) is 0 Å². The van der Waals surface area contributed by atoms with Crippen LogP contribution >= 0.6 is 0 Å². The van der Waals surface area contributed by atoms with Crippen molar-refractivity contribution < 1.29 is 39.5 Å². The summed E-state index contributed by atoms with van der Waals surface area (Å²) in [5, 5.41) is 20.4. The Labute approximate surface area is 131 Å². The molecule has 0 fully saturated rings. The van der Waals surface area contributed by atoms with E-state index in [0.29, 0.717) is 0 Å². The minimum absolute atomic E-state index is 0. The van der Waals surface area contributed by atoms with Crippen LogP contribution in [-0.4, -0.2) is 21.4 Å². The first-order valence-corrected chi connectivity index (χ1v) is 5.29. The predicted molar refractivity (Wildman–Crippen MR) is 64.7 cm³/mol. The summed E-state index contributed by atoms with van der Waals surface area (Å²) in [6, 6.07) is 15.8. The number of hydrogen-bond acceptors (Lipinski definition) is 4. The van der Waals surface area contributed by atoms with E-state index in [2.05, 4.69) is 15.4 Å². The summed E-state index contributed by atoms with van der Waals surface area (Å²) in [7, 11) is 0. The number of carboxylic acid groups (broad SMARTS) is 1. The zero-order valence-electron chi connectivity index (χ0n) is 10.4. The number of hydrogen-bond donors (Lipinski definition) is 1. The Kier molecular flexibility index (Phi) is 6.21. The van der Waals surface area contributed by atoms with Crippen LogP contribution in [0.15, 0.2) is 54.6 Å². The Hall–Kier alpha value is -1.69. The Balaban J connectivity index is 0.000000180. The molecule has 0 amide bonds. The smallest absolute Gasteiger partial charge is 0.545 e. The first kappa shape index (κ1) is 15.4. The molecule has 1 heterocycles. The van der Waals surface area contributed by atoms with Gasteiger partial charge >= 0.3 is 29.6 Å². The number of fused-ring (bicyclic) bond motifs is 1. The Morgan fingerprint density at radius 2 is 1.37 bits per heavy atom. The van der Waals surface area contributed by atoms with E-state index < -0.39 is 5.97 Å². The van der Waals surface area contributed by atoms with Crippen LogP contribution in [0.2, 0.25) is 0 Å². The van der Waals surface area contributed by atoms with Gasteiger partial charge in [-0.3, -0.25) is 0 Å². The van der Waals surface area contributed by atoms with Gasteiger partial charge in [-0.25, -0.2) is 0 Å². The average Bonchev–Trinajstić information content (AvgIpc) is 2.89. The molecule has 0 aliphatic rings. The summed E-state index contributed by atoms with van der Waals surface area (Å²) in [6.45, 7) is 0. The summed E-state index contributed by atoms with van der Waals surface area (Å²) < 4.78 is 0. The molecule has 3 aromatic rings. The van der Waals surface area contributed by atoms with Gasteiger partial charge in [-0.1, -0.05) is 42.5 Å². The van der Waals surface area contributed by atoms with Gasteiger partial charge in [0.25, 0.3) is 0 Å². The number of benzene rings is 2. The molecule has 0 aliphatic carbocycles. The van der Waals surface area contributed by atoms with Crippen LogP contribution in [-0.2, 0) is 0 Å². The summed E-state index contributed by atoms with van der Waals surface area (Å²) in [6.07, 6.45) is 0. The third kappa shape index (κ3) is 4.48. The molecule has 5 nitrogen and oxygen atoms in total. The topological polar surface area (TPSA) is 81.7 Å². The number of nitrogens with zero attached hydrogens (tertiary/aromatic N) is 2. The zero-order valence-corrected chi connectivity index (χ0v) is 12.4. The minimum Gasteiger partial charge on any atom is -0.545 e. The van der Waals surface area contributed by atoms with E-state index in [9.17, 15) is 9.90 Å². The number of nitrogens with one attached hydrogen (secondary N) is 1. The molecule has 0 bridgehead atoms. The van der Waals surface area contributed by atoms with Gasteiger partial charge in [0.1, 0.15) is 11.0 Å². The van der Waals surface area contributed by atoms with Crippen molar-refractivity contribution in [2.75, 3.05) is 0 Å². The van der Waals surface area contributed by atoms with Crippen molar-refractivity contribution in [2.24, 2.45) is 0 Å². The van der Waals surface area contributed by atoms with Gasteiger partial charge in [0.2, 0.25) is 0 Å².